The third-order valence-corrected chi connectivity index (χ3v) is 4.49. The monoisotopic (exact) mass is 303 g/mol. The van der Waals surface area contributed by atoms with Crippen molar-refractivity contribution < 1.29 is 8.42 Å². The lowest BCUT2D eigenvalue weighted by atomic mass is 9.95. The SMILES string of the molecule is CNCC(CCCS(C)(=O)=O)Cc1ccccc1Cl. The number of benzene rings is 1. The van der Waals surface area contributed by atoms with Crippen LogP contribution in [0.5, 0.6) is 0 Å². The third kappa shape index (κ3) is 6.95. The lowest BCUT2D eigenvalue weighted by Crippen LogP contribution is -2.21. The van der Waals surface area contributed by atoms with Gasteiger partial charge in [0.2, 0.25) is 0 Å². The Kier molecular flexibility index (Phi) is 6.83. The second kappa shape index (κ2) is 7.88. The maximum atomic E-state index is 11.1. The fraction of sp³-hybridized carbons (Fsp3) is 0.571. The van der Waals surface area contributed by atoms with Crippen molar-refractivity contribution in [2.45, 2.75) is 19.3 Å². The standard InChI is InChI=1S/C14H22ClNO2S/c1-16-11-12(6-5-9-19(2,17)18)10-13-7-3-4-8-14(13)15/h3-4,7-8,12,16H,5-6,9-11H2,1-2H3. The smallest absolute Gasteiger partial charge is 0.147 e. The minimum atomic E-state index is -2.86. The summed E-state index contributed by atoms with van der Waals surface area (Å²) >= 11 is 6.16. The molecule has 1 aromatic rings. The Labute approximate surface area is 121 Å². The molecule has 1 atom stereocenters. The van der Waals surface area contributed by atoms with Gasteiger partial charge in [0, 0.05) is 17.0 Å². The summed E-state index contributed by atoms with van der Waals surface area (Å²) in [7, 11) is -0.949. The van der Waals surface area contributed by atoms with Crippen molar-refractivity contribution in [1.29, 1.82) is 0 Å². The van der Waals surface area contributed by atoms with Gasteiger partial charge < -0.3 is 5.32 Å². The van der Waals surface area contributed by atoms with Crippen LogP contribution in [0.2, 0.25) is 5.02 Å². The van der Waals surface area contributed by atoms with Crippen molar-refractivity contribution in [1.82, 2.24) is 5.32 Å². The van der Waals surface area contributed by atoms with Crippen LogP contribution in [0.3, 0.4) is 0 Å². The fourth-order valence-corrected chi connectivity index (χ4v) is 3.08. The highest BCUT2D eigenvalue weighted by Crippen LogP contribution is 2.21. The minimum absolute atomic E-state index is 0.260. The zero-order valence-electron chi connectivity index (χ0n) is 11.5. The molecular formula is C14H22ClNO2S. The van der Waals surface area contributed by atoms with E-state index in [2.05, 4.69) is 5.32 Å². The van der Waals surface area contributed by atoms with Crippen molar-refractivity contribution in [3.8, 4) is 0 Å². The number of hydrogen-bond donors (Lipinski definition) is 1. The maximum absolute atomic E-state index is 11.1. The van der Waals surface area contributed by atoms with E-state index in [0.29, 0.717) is 12.3 Å². The molecule has 1 rings (SSSR count). The van der Waals surface area contributed by atoms with Crippen LogP contribution in [-0.2, 0) is 16.3 Å². The fourth-order valence-electron chi connectivity index (χ4n) is 2.17. The predicted octanol–water partition coefficient (Wildman–Crippen LogP) is 2.54. The summed E-state index contributed by atoms with van der Waals surface area (Å²) in [6, 6.07) is 7.82. The van der Waals surface area contributed by atoms with Gasteiger partial charge in [-0.3, -0.25) is 0 Å². The first kappa shape index (κ1) is 16.5. The van der Waals surface area contributed by atoms with E-state index < -0.39 is 9.84 Å². The average molecular weight is 304 g/mol. The summed E-state index contributed by atoms with van der Waals surface area (Å²) in [6.45, 7) is 0.870. The van der Waals surface area contributed by atoms with Crippen LogP contribution in [0.4, 0.5) is 0 Å². The highest BCUT2D eigenvalue weighted by molar-refractivity contribution is 7.90. The maximum Gasteiger partial charge on any atom is 0.147 e. The molecule has 0 saturated carbocycles. The van der Waals surface area contributed by atoms with Gasteiger partial charge >= 0.3 is 0 Å². The van der Waals surface area contributed by atoms with E-state index in [9.17, 15) is 8.42 Å². The molecule has 5 heteroatoms. The Morgan fingerprint density at radius 3 is 2.58 bits per heavy atom. The van der Waals surface area contributed by atoms with Crippen molar-refractivity contribution in [2.24, 2.45) is 5.92 Å². The molecule has 19 heavy (non-hydrogen) atoms. The highest BCUT2D eigenvalue weighted by atomic mass is 35.5. The van der Waals surface area contributed by atoms with Crippen molar-refractivity contribution >= 4 is 21.4 Å². The molecule has 0 bridgehead atoms. The van der Waals surface area contributed by atoms with Crippen LogP contribution >= 0.6 is 11.6 Å². The van der Waals surface area contributed by atoms with Crippen molar-refractivity contribution in [2.75, 3.05) is 25.6 Å². The molecule has 1 unspecified atom stereocenters. The van der Waals surface area contributed by atoms with E-state index in [1.165, 1.54) is 6.26 Å². The van der Waals surface area contributed by atoms with Gasteiger partial charge in [-0.05, 0) is 50.4 Å². The summed E-state index contributed by atoms with van der Waals surface area (Å²) in [5, 5.41) is 3.95. The number of halogens is 1. The van der Waals surface area contributed by atoms with E-state index in [0.717, 1.165) is 30.0 Å². The first-order valence-corrected chi connectivity index (χ1v) is 8.92. The van der Waals surface area contributed by atoms with E-state index in [-0.39, 0.29) is 5.75 Å². The summed E-state index contributed by atoms with van der Waals surface area (Å²) in [6.07, 6.45) is 3.76. The van der Waals surface area contributed by atoms with Crippen LogP contribution in [-0.4, -0.2) is 34.0 Å². The van der Waals surface area contributed by atoms with E-state index in [1.807, 2.05) is 31.3 Å². The zero-order chi connectivity index (χ0) is 14.3. The Hall–Kier alpha value is -0.580. The van der Waals surface area contributed by atoms with E-state index >= 15 is 0 Å². The normalized spacial score (nSPS) is 13.4. The van der Waals surface area contributed by atoms with E-state index in [1.54, 1.807) is 0 Å². The molecule has 0 aliphatic rings. The van der Waals surface area contributed by atoms with Gasteiger partial charge in [0.25, 0.3) is 0 Å². The van der Waals surface area contributed by atoms with Crippen LogP contribution in [0, 0.1) is 5.92 Å². The number of rotatable bonds is 8. The van der Waals surface area contributed by atoms with Gasteiger partial charge in [-0.25, -0.2) is 8.42 Å². The molecule has 108 valence electrons. The number of sulfone groups is 1. The molecule has 0 amide bonds. The molecule has 0 spiro atoms. The summed E-state index contributed by atoms with van der Waals surface area (Å²) in [4.78, 5) is 0. The van der Waals surface area contributed by atoms with Gasteiger partial charge in [0.05, 0.1) is 0 Å². The zero-order valence-corrected chi connectivity index (χ0v) is 13.1. The van der Waals surface area contributed by atoms with Gasteiger partial charge in [0.1, 0.15) is 9.84 Å². The highest BCUT2D eigenvalue weighted by Gasteiger charge is 2.12. The van der Waals surface area contributed by atoms with Crippen LogP contribution in [0.15, 0.2) is 24.3 Å². The molecular weight excluding hydrogens is 282 g/mol. The first-order chi connectivity index (χ1) is 8.92. The number of hydrogen-bond acceptors (Lipinski definition) is 3. The Balaban J connectivity index is 2.55. The molecule has 0 aliphatic heterocycles. The lowest BCUT2D eigenvalue weighted by molar-refractivity contribution is 0.455. The second-order valence-corrected chi connectivity index (χ2v) is 7.66. The molecule has 0 heterocycles. The quantitative estimate of drug-likeness (QED) is 0.803. The molecule has 0 aromatic heterocycles. The largest absolute Gasteiger partial charge is 0.319 e. The predicted molar refractivity (Wildman–Crippen MR) is 81.5 cm³/mol. The topological polar surface area (TPSA) is 46.2 Å². The van der Waals surface area contributed by atoms with Crippen LogP contribution in [0.25, 0.3) is 0 Å². The van der Waals surface area contributed by atoms with Crippen LogP contribution in [0.1, 0.15) is 18.4 Å². The molecule has 0 aliphatic carbocycles. The van der Waals surface area contributed by atoms with Crippen molar-refractivity contribution in [3.05, 3.63) is 34.9 Å². The summed E-state index contributed by atoms with van der Waals surface area (Å²) in [5.74, 6) is 0.669. The Morgan fingerprint density at radius 1 is 1.32 bits per heavy atom. The van der Waals surface area contributed by atoms with Gasteiger partial charge in [-0.15, -0.1) is 0 Å². The van der Waals surface area contributed by atoms with Crippen molar-refractivity contribution in [3.63, 3.8) is 0 Å². The molecule has 0 saturated heterocycles. The Morgan fingerprint density at radius 2 is 2.00 bits per heavy atom. The lowest BCUT2D eigenvalue weighted by Gasteiger charge is -2.17. The summed E-state index contributed by atoms with van der Waals surface area (Å²) in [5.41, 5.74) is 1.13. The minimum Gasteiger partial charge on any atom is -0.319 e. The van der Waals surface area contributed by atoms with Gasteiger partial charge in [0.15, 0.2) is 0 Å². The molecule has 3 nitrogen and oxygen atoms in total. The molecule has 0 radical (unpaired) electrons. The van der Waals surface area contributed by atoms with E-state index in [4.69, 9.17) is 11.6 Å². The third-order valence-electron chi connectivity index (χ3n) is 3.09. The van der Waals surface area contributed by atoms with Gasteiger partial charge in [-0.1, -0.05) is 29.8 Å². The Bertz CT molecular complexity index is 488. The first-order valence-electron chi connectivity index (χ1n) is 6.48. The molecule has 0 fully saturated rings. The average Bonchev–Trinajstić information content (AvgIpc) is 2.30. The van der Waals surface area contributed by atoms with Crippen LogP contribution < -0.4 is 5.32 Å². The van der Waals surface area contributed by atoms with Gasteiger partial charge in [-0.2, -0.15) is 0 Å². The molecule has 1 N–H and O–H groups in total. The second-order valence-electron chi connectivity index (χ2n) is 4.99. The summed E-state index contributed by atoms with van der Waals surface area (Å²) < 4.78 is 22.3. The number of nitrogens with one attached hydrogen (secondary N) is 1. The molecule has 1 aromatic carbocycles.